The molecule has 26 heavy (non-hydrogen) atoms. The minimum absolute atomic E-state index is 0.219. The number of nitrogens with one attached hydrogen (secondary N) is 1. The van der Waals surface area contributed by atoms with Crippen molar-refractivity contribution in [1.82, 2.24) is 9.88 Å². The van der Waals surface area contributed by atoms with Crippen molar-refractivity contribution in [3.8, 4) is 11.4 Å². The molecular formula is C19H19N3O2S2. The van der Waals surface area contributed by atoms with Crippen LogP contribution in [-0.2, 0) is 6.42 Å². The van der Waals surface area contributed by atoms with Crippen LogP contribution in [0.25, 0.3) is 5.69 Å². The average Bonchev–Trinajstić information content (AvgIpc) is 2.96. The van der Waals surface area contributed by atoms with Gasteiger partial charge in [0.25, 0.3) is 5.91 Å². The number of ether oxygens (including phenoxy) is 1. The minimum atomic E-state index is -0.219. The summed E-state index contributed by atoms with van der Waals surface area (Å²) in [6.45, 7) is 0.529. The number of hydrogen-bond donors (Lipinski definition) is 2. The number of benzene rings is 2. The molecule has 134 valence electrons. The third-order valence-electron chi connectivity index (χ3n) is 3.92. The average molecular weight is 386 g/mol. The minimum Gasteiger partial charge on any atom is -0.495 e. The van der Waals surface area contributed by atoms with Gasteiger partial charge < -0.3 is 15.8 Å². The SMILES string of the molecule is COc1ccccc1-n1c(N)c(C(=O)NCCc2ccccc2)sc1=S. The Bertz CT molecular complexity index is 964. The zero-order valence-electron chi connectivity index (χ0n) is 14.3. The maximum Gasteiger partial charge on any atom is 0.265 e. The molecule has 0 aliphatic rings. The van der Waals surface area contributed by atoms with Gasteiger partial charge in [-0.1, -0.05) is 53.8 Å². The molecule has 2 aromatic carbocycles. The molecule has 0 atom stereocenters. The topological polar surface area (TPSA) is 69.3 Å². The van der Waals surface area contributed by atoms with E-state index >= 15 is 0 Å². The third kappa shape index (κ3) is 3.79. The number of rotatable bonds is 6. The first kappa shape index (κ1) is 18.2. The summed E-state index contributed by atoms with van der Waals surface area (Å²) < 4.78 is 7.55. The van der Waals surface area contributed by atoms with Crippen LogP contribution in [0.1, 0.15) is 15.2 Å². The fourth-order valence-electron chi connectivity index (χ4n) is 2.64. The van der Waals surface area contributed by atoms with E-state index < -0.39 is 0 Å². The number of amides is 1. The number of anilines is 1. The van der Waals surface area contributed by atoms with Crippen molar-refractivity contribution < 1.29 is 9.53 Å². The molecule has 0 radical (unpaired) electrons. The molecule has 0 fully saturated rings. The normalized spacial score (nSPS) is 10.5. The highest BCUT2D eigenvalue weighted by Gasteiger charge is 2.19. The van der Waals surface area contributed by atoms with Crippen LogP contribution < -0.4 is 15.8 Å². The number of methoxy groups -OCH3 is 1. The number of hydrogen-bond acceptors (Lipinski definition) is 5. The highest BCUT2D eigenvalue weighted by atomic mass is 32.1. The molecule has 0 bridgehead atoms. The van der Waals surface area contributed by atoms with E-state index in [2.05, 4.69) is 5.32 Å². The van der Waals surface area contributed by atoms with E-state index in [4.69, 9.17) is 22.7 Å². The van der Waals surface area contributed by atoms with Gasteiger partial charge in [0, 0.05) is 6.54 Å². The molecule has 7 heteroatoms. The Balaban J connectivity index is 1.79. The number of aromatic nitrogens is 1. The predicted molar refractivity (Wildman–Crippen MR) is 108 cm³/mol. The van der Waals surface area contributed by atoms with Gasteiger partial charge in [-0.05, 0) is 36.3 Å². The molecular weight excluding hydrogens is 366 g/mol. The molecule has 5 nitrogen and oxygen atoms in total. The van der Waals surface area contributed by atoms with Gasteiger partial charge in [-0.3, -0.25) is 9.36 Å². The number of para-hydroxylation sites is 2. The number of nitrogen functional groups attached to an aromatic ring is 1. The Morgan fingerprint density at radius 1 is 1.19 bits per heavy atom. The fourth-order valence-corrected chi connectivity index (χ4v) is 3.91. The Morgan fingerprint density at radius 3 is 2.62 bits per heavy atom. The first-order chi connectivity index (χ1) is 12.6. The van der Waals surface area contributed by atoms with E-state index in [1.807, 2.05) is 54.6 Å². The van der Waals surface area contributed by atoms with Crippen LogP contribution in [-0.4, -0.2) is 24.1 Å². The molecule has 0 aliphatic carbocycles. The van der Waals surface area contributed by atoms with Gasteiger partial charge in [-0.2, -0.15) is 0 Å². The summed E-state index contributed by atoms with van der Waals surface area (Å²) in [6, 6.07) is 17.4. The first-order valence-corrected chi connectivity index (χ1v) is 9.31. The van der Waals surface area contributed by atoms with Crippen molar-refractivity contribution in [3.63, 3.8) is 0 Å². The summed E-state index contributed by atoms with van der Waals surface area (Å²) in [7, 11) is 1.59. The van der Waals surface area contributed by atoms with Crippen LogP contribution in [0.2, 0.25) is 0 Å². The van der Waals surface area contributed by atoms with Gasteiger partial charge >= 0.3 is 0 Å². The maximum absolute atomic E-state index is 12.5. The van der Waals surface area contributed by atoms with E-state index in [1.165, 1.54) is 16.9 Å². The van der Waals surface area contributed by atoms with Gasteiger partial charge in [0.2, 0.25) is 0 Å². The highest BCUT2D eigenvalue weighted by molar-refractivity contribution is 7.73. The van der Waals surface area contributed by atoms with Crippen molar-refractivity contribution in [3.05, 3.63) is 69.0 Å². The molecule has 3 aromatic rings. The smallest absolute Gasteiger partial charge is 0.265 e. The Kier molecular flexibility index (Phi) is 5.70. The van der Waals surface area contributed by atoms with E-state index in [9.17, 15) is 4.79 Å². The molecule has 1 amide bonds. The molecule has 1 aromatic heterocycles. The second-order valence-electron chi connectivity index (χ2n) is 5.58. The van der Waals surface area contributed by atoms with Crippen LogP contribution >= 0.6 is 23.6 Å². The lowest BCUT2D eigenvalue weighted by Crippen LogP contribution is -2.25. The summed E-state index contributed by atoms with van der Waals surface area (Å²) in [4.78, 5) is 12.9. The number of nitrogens with two attached hydrogens (primary N) is 1. The van der Waals surface area contributed by atoms with Gasteiger partial charge in [-0.25, -0.2) is 0 Å². The second-order valence-corrected chi connectivity index (χ2v) is 7.23. The van der Waals surface area contributed by atoms with Gasteiger partial charge in [-0.15, -0.1) is 0 Å². The molecule has 0 unspecified atom stereocenters. The molecule has 0 saturated carbocycles. The maximum atomic E-state index is 12.5. The largest absolute Gasteiger partial charge is 0.495 e. The monoisotopic (exact) mass is 385 g/mol. The molecule has 3 rings (SSSR count). The van der Waals surface area contributed by atoms with Crippen LogP contribution in [0.3, 0.4) is 0 Å². The molecule has 0 spiro atoms. The van der Waals surface area contributed by atoms with Crippen LogP contribution in [0.5, 0.6) is 5.75 Å². The predicted octanol–water partition coefficient (Wildman–Crippen LogP) is 3.83. The van der Waals surface area contributed by atoms with Crippen molar-refractivity contribution in [1.29, 1.82) is 0 Å². The lowest BCUT2D eigenvalue weighted by molar-refractivity contribution is 0.0958. The third-order valence-corrected chi connectivity index (χ3v) is 5.31. The van der Waals surface area contributed by atoms with E-state index in [0.29, 0.717) is 26.9 Å². The highest BCUT2D eigenvalue weighted by Crippen LogP contribution is 2.31. The lowest BCUT2D eigenvalue weighted by atomic mass is 10.1. The summed E-state index contributed by atoms with van der Waals surface area (Å²) in [5.74, 6) is 0.744. The van der Waals surface area contributed by atoms with Crippen molar-refractivity contribution in [2.24, 2.45) is 0 Å². The quantitative estimate of drug-likeness (QED) is 0.633. The van der Waals surface area contributed by atoms with Crippen LogP contribution in [0.15, 0.2) is 54.6 Å². The first-order valence-electron chi connectivity index (χ1n) is 8.08. The number of carbonyl (C=O) groups is 1. The second kappa shape index (κ2) is 8.16. The van der Waals surface area contributed by atoms with Crippen molar-refractivity contribution in [2.75, 3.05) is 19.4 Å². The summed E-state index contributed by atoms with van der Waals surface area (Å²) in [5.41, 5.74) is 8.12. The Labute approximate surface area is 161 Å². The Morgan fingerprint density at radius 2 is 1.88 bits per heavy atom. The molecule has 1 heterocycles. The Hall–Kier alpha value is -2.64. The van der Waals surface area contributed by atoms with Crippen molar-refractivity contribution >= 4 is 35.3 Å². The zero-order chi connectivity index (χ0) is 18.5. The van der Waals surface area contributed by atoms with Crippen LogP contribution in [0, 0.1) is 3.95 Å². The lowest BCUT2D eigenvalue weighted by Gasteiger charge is -2.11. The molecule has 0 aliphatic heterocycles. The van der Waals surface area contributed by atoms with Crippen LogP contribution in [0.4, 0.5) is 5.82 Å². The summed E-state index contributed by atoms with van der Waals surface area (Å²) in [6.07, 6.45) is 0.755. The van der Waals surface area contributed by atoms with Gasteiger partial charge in [0.1, 0.15) is 16.4 Å². The van der Waals surface area contributed by atoms with E-state index in [-0.39, 0.29) is 5.91 Å². The zero-order valence-corrected chi connectivity index (χ0v) is 15.9. The molecule has 0 saturated heterocycles. The van der Waals surface area contributed by atoms with Gasteiger partial charge in [0.05, 0.1) is 12.8 Å². The van der Waals surface area contributed by atoms with E-state index in [0.717, 1.165) is 12.1 Å². The fraction of sp³-hybridized carbons (Fsp3) is 0.158. The van der Waals surface area contributed by atoms with E-state index in [1.54, 1.807) is 11.7 Å². The number of carbonyl (C=O) groups excluding carboxylic acids is 1. The van der Waals surface area contributed by atoms with Gasteiger partial charge in [0.15, 0.2) is 3.95 Å². The number of thiazole rings is 1. The summed E-state index contributed by atoms with van der Waals surface area (Å²) >= 11 is 6.62. The number of nitrogens with zero attached hydrogens (tertiary/aromatic N) is 1. The standard InChI is InChI=1S/C19H19N3O2S2/c1-24-15-10-6-5-9-14(15)22-17(20)16(26-19(22)25)18(23)21-12-11-13-7-3-2-4-8-13/h2-10H,11-12,20H2,1H3,(H,21,23). The molecule has 3 N–H and O–H groups in total. The summed E-state index contributed by atoms with van der Waals surface area (Å²) in [5, 5.41) is 2.91. The van der Waals surface area contributed by atoms with Crippen molar-refractivity contribution in [2.45, 2.75) is 6.42 Å².